The third kappa shape index (κ3) is 3.48. The molecule has 0 aliphatic carbocycles. The summed E-state index contributed by atoms with van der Waals surface area (Å²) in [6, 6.07) is 3.22. The second-order valence-corrected chi connectivity index (χ2v) is 4.20. The molecule has 5 heteroatoms. The third-order valence-electron chi connectivity index (χ3n) is 2.13. The number of carbonyl (C=O) groups is 1. The zero-order chi connectivity index (χ0) is 12.1. The minimum absolute atomic E-state index is 0.108. The Morgan fingerprint density at radius 2 is 2.25 bits per heavy atom. The van der Waals surface area contributed by atoms with Crippen LogP contribution in [0.25, 0.3) is 0 Å². The highest BCUT2D eigenvalue weighted by Gasteiger charge is 2.09. The molecular weight excluding hydrogens is 279 g/mol. The topological polar surface area (TPSA) is 46.5 Å². The molecule has 0 fully saturated rings. The van der Waals surface area contributed by atoms with E-state index in [1.165, 1.54) is 7.11 Å². The molecule has 0 saturated carbocycles. The second kappa shape index (κ2) is 5.84. The van der Waals surface area contributed by atoms with E-state index in [2.05, 4.69) is 15.9 Å². The Bertz CT molecular complexity index is 393. The fraction of sp³-hybridized carbons (Fsp3) is 0.364. The van der Waals surface area contributed by atoms with Gasteiger partial charge in [0, 0.05) is 6.42 Å². The van der Waals surface area contributed by atoms with Crippen molar-refractivity contribution in [2.45, 2.75) is 19.3 Å². The summed E-state index contributed by atoms with van der Waals surface area (Å²) in [5, 5.41) is 8.50. The van der Waals surface area contributed by atoms with E-state index >= 15 is 0 Å². The molecule has 0 radical (unpaired) electrons. The Morgan fingerprint density at radius 3 is 2.81 bits per heavy atom. The highest BCUT2D eigenvalue weighted by molar-refractivity contribution is 9.10. The van der Waals surface area contributed by atoms with Gasteiger partial charge >= 0.3 is 5.97 Å². The summed E-state index contributed by atoms with van der Waals surface area (Å²) in [6.07, 6.45) is 1.22. The van der Waals surface area contributed by atoms with Crippen LogP contribution in [0.3, 0.4) is 0 Å². The van der Waals surface area contributed by atoms with Gasteiger partial charge in [-0.25, -0.2) is 4.39 Å². The van der Waals surface area contributed by atoms with Crippen molar-refractivity contribution in [3.8, 4) is 5.75 Å². The Labute approximate surface area is 101 Å². The number of ether oxygens (including phenoxy) is 1. The number of hydrogen-bond donors (Lipinski definition) is 1. The lowest BCUT2D eigenvalue weighted by Crippen LogP contribution is -1.97. The first-order chi connectivity index (χ1) is 7.54. The number of methoxy groups -OCH3 is 1. The second-order valence-electron chi connectivity index (χ2n) is 3.34. The first-order valence-electron chi connectivity index (χ1n) is 4.78. The molecule has 88 valence electrons. The SMILES string of the molecule is COc1cc(CCCC(=O)O)cc(Br)c1F. The van der Waals surface area contributed by atoms with Gasteiger partial charge in [-0.3, -0.25) is 4.79 Å². The van der Waals surface area contributed by atoms with Gasteiger partial charge in [0.25, 0.3) is 0 Å². The van der Waals surface area contributed by atoms with Crippen LogP contribution in [0.5, 0.6) is 5.75 Å². The quantitative estimate of drug-likeness (QED) is 0.907. The van der Waals surface area contributed by atoms with Crippen LogP contribution in [-0.4, -0.2) is 18.2 Å². The number of aliphatic carboxylic acids is 1. The lowest BCUT2D eigenvalue weighted by Gasteiger charge is -2.07. The van der Waals surface area contributed by atoms with Gasteiger partial charge < -0.3 is 9.84 Å². The molecule has 1 aromatic carbocycles. The number of halogens is 2. The van der Waals surface area contributed by atoms with E-state index in [1.807, 2.05) is 0 Å². The summed E-state index contributed by atoms with van der Waals surface area (Å²) in [7, 11) is 1.39. The summed E-state index contributed by atoms with van der Waals surface area (Å²) in [4.78, 5) is 10.3. The number of hydrogen-bond acceptors (Lipinski definition) is 2. The average molecular weight is 291 g/mol. The molecular formula is C11H12BrFO3. The number of carboxylic acids is 1. The fourth-order valence-electron chi connectivity index (χ4n) is 1.35. The monoisotopic (exact) mass is 290 g/mol. The molecule has 0 aliphatic heterocycles. The maximum Gasteiger partial charge on any atom is 0.303 e. The molecule has 0 aliphatic rings. The van der Waals surface area contributed by atoms with Crippen molar-refractivity contribution in [1.82, 2.24) is 0 Å². The van der Waals surface area contributed by atoms with Crippen LogP contribution in [0.1, 0.15) is 18.4 Å². The zero-order valence-electron chi connectivity index (χ0n) is 8.80. The van der Waals surface area contributed by atoms with Crippen molar-refractivity contribution in [3.05, 3.63) is 28.0 Å². The Hall–Kier alpha value is -1.10. The first-order valence-corrected chi connectivity index (χ1v) is 5.57. The molecule has 0 spiro atoms. The number of aryl methyl sites for hydroxylation is 1. The number of benzene rings is 1. The van der Waals surface area contributed by atoms with Gasteiger partial charge in [-0.2, -0.15) is 0 Å². The van der Waals surface area contributed by atoms with E-state index in [0.717, 1.165) is 5.56 Å². The Balaban J connectivity index is 2.74. The molecule has 0 bridgehead atoms. The van der Waals surface area contributed by atoms with Crippen molar-refractivity contribution in [2.75, 3.05) is 7.11 Å². The number of rotatable bonds is 5. The fourth-order valence-corrected chi connectivity index (χ4v) is 1.84. The maximum atomic E-state index is 13.4. The smallest absolute Gasteiger partial charge is 0.303 e. The van der Waals surface area contributed by atoms with Gasteiger partial charge in [0.2, 0.25) is 0 Å². The zero-order valence-corrected chi connectivity index (χ0v) is 10.4. The standard InChI is InChI=1S/C11H12BrFO3/c1-16-9-6-7(3-2-4-10(14)15)5-8(12)11(9)13/h5-6H,2-4H2,1H3,(H,14,15). The third-order valence-corrected chi connectivity index (χ3v) is 2.71. The molecule has 0 saturated heterocycles. The summed E-state index contributed by atoms with van der Waals surface area (Å²) in [6.45, 7) is 0. The van der Waals surface area contributed by atoms with Crippen molar-refractivity contribution >= 4 is 21.9 Å². The summed E-state index contributed by atoms with van der Waals surface area (Å²) in [5.41, 5.74) is 0.853. The molecule has 0 heterocycles. The van der Waals surface area contributed by atoms with Crippen LogP contribution in [-0.2, 0) is 11.2 Å². The predicted molar refractivity (Wildman–Crippen MR) is 61.2 cm³/mol. The van der Waals surface area contributed by atoms with E-state index in [1.54, 1.807) is 12.1 Å². The van der Waals surface area contributed by atoms with Gasteiger partial charge in [0.15, 0.2) is 11.6 Å². The number of carboxylic acid groups (broad SMARTS) is 1. The molecule has 0 unspecified atom stereocenters. The lowest BCUT2D eigenvalue weighted by molar-refractivity contribution is -0.137. The van der Waals surface area contributed by atoms with Crippen LogP contribution in [0, 0.1) is 5.82 Å². The van der Waals surface area contributed by atoms with E-state index in [9.17, 15) is 9.18 Å². The van der Waals surface area contributed by atoms with Crippen molar-refractivity contribution in [1.29, 1.82) is 0 Å². The molecule has 0 atom stereocenters. The van der Waals surface area contributed by atoms with Crippen molar-refractivity contribution < 1.29 is 19.0 Å². The van der Waals surface area contributed by atoms with Crippen molar-refractivity contribution in [3.63, 3.8) is 0 Å². The molecule has 0 aromatic heterocycles. The lowest BCUT2D eigenvalue weighted by atomic mass is 10.1. The average Bonchev–Trinajstić information content (AvgIpc) is 2.22. The molecule has 1 N–H and O–H groups in total. The van der Waals surface area contributed by atoms with Crippen LogP contribution in [0.2, 0.25) is 0 Å². The Morgan fingerprint density at radius 1 is 1.56 bits per heavy atom. The normalized spacial score (nSPS) is 10.2. The summed E-state index contributed by atoms with van der Waals surface area (Å²) in [5.74, 6) is -1.10. The molecule has 1 rings (SSSR count). The minimum Gasteiger partial charge on any atom is -0.494 e. The first kappa shape index (κ1) is 13.0. The highest BCUT2D eigenvalue weighted by Crippen LogP contribution is 2.27. The van der Waals surface area contributed by atoms with Crippen LogP contribution >= 0.6 is 15.9 Å². The van der Waals surface area contributed by atoms with Crippen LogP contribution in [0.4, 0.5) is 4.39 Å². The van der Waals surface area contributed by atoms with Gasteiger partial charge in [-0.15, -0.1) is 0 Å². The van der Waals surface area contributed by atoms with Gasteiger partial charge in [-0.1, -0.05) is 0 Å². The maximum absolute atomic E-state index is 13.4. The molecule has 16 heavy (non-hydrogen) atoms. The van der Waals surface area contributed by atoms with E-state index in [0.29, 0.717) is 17.3 Å². The highest BCUT2D eigenvalue weighted by atomic mass is 79.9. The van der Waals surface area contributed by atoms with E-state index < -0.39 is 11.8 Å². The molecule has 3 nitrogen and oxygen atoms in total. The summed E-state index contributed by atoms with van der Waals surface area (Å²) >= 11 is 3.09. The van der Waals surface area contributed by atoms with Gasteiger partial charge in [0.1, 0.15) is 0 Å². The Kier molecular flexibility index (Phi) is 4.73. The van der Waals surface area contributed by atoms with E-state index in [-0.39, 0.29) is 12.2 Å². The molecule has 0 amide bonds. The van der Waals surface area contributed by atoms with Gasteiger partial charge in [-0.05, 0) is 46.5 Å². The minimum atomic E-state index is -0.826. The predicted octanol–water partition coefficient (Wildman–Crippen LogP) is 3.00. The van der Waals surface area contributed by atoms with Gasteiger partial charge in [0.05, 0.1) is 11.6 Å². The molecule has 1 aromatic rings. The largest absolute Gasteiger partial charge is 0.494 e. The van der Waals surface area contributed by atoms with E-state index in [4.69, 9.17) is 9.84 Å². The van der Waals surface area contributed by atoms with Crippen LogP contribution in [0.15, 0.2) is 16.6 Å². The summed E-state index contributed by atoms with van der Waals surface area (Å²) < 4.78 is 18.6. The van der Waals surface area contributed by atoms with Crippen molar-refractivity contribution in [2.24, 2.45) is 0 Å². The van der Waals surface area contributed by atoms with Crippen LogP contribution < -0.4 is 4.74 Å².